The van der Waals surface area contributed by atoms with Gasteiger partial charge in [-0.2, -0.15) is 0 Å². The van der Waals surface area contributed by atoms with Crippen LogP contribution in [0.4, 0.5) is 5.88 Å². The molecule has 3 aromatic rings. The first-order chi connectivity index (χ1) is 13.6. The number of allylic oxidation sites excluding steroid dienone is 2. The number of ketones is 1. The first-order valence-corrected chi connectivity index (χ1v) is 9.72. The Labute approximate surface area is 164 Å². The first kappa shape index (κ1) is 17.0. The predicted octanol–water partition coefficient (Wildman–Crippen LogP) is 5.25. The molecule has 0 amide bonds. The van der Waals surface area contributed by atoms with Crippen LogP contribution in [0.2, 0.25) is 0 Å². The zero-order valence-electron chi connectivity index (χ0n) is 16.0. The SMILES string of the molecule is Cc1cccc(C2C3=C(CC(c4ccccc4)CC3=O)Nc3onc(C)c32)c1. The van der Waals surface area contributed by atoms with Gasteiger partial charge in [0.1, 0.15) is 0 Å². The molecule has 0 spiro atoms. The molecule has 140 valence electrons. The molecule has 2 atom stereocenters. The third-order valence-corrected chi connectivity index (χ3v) is 5.90. The molecule has 2 aromatic carbocycles. The molecule has 5 rings (SSSR count). The number of Topliss-reactive ketones (excluding diaryl/α,β-unsaturated/α-hetero) is 1. The van der Waals surface area contributed by atoms with Crippen molar-refractivity contribution >= 4 is 11.7 Å². The number of hydrogen-bond donors (Lipinski definition) is 1. The van der Waals surface area contributed by atoms with Gasteiger partial charge in [-0.25, -0.2) is 0 Å². The van der Waals surface area contributed by atoms with Crippen LogP contribution in [0.1, 0.15) is 52.6 Å². The molecule has 1 aliphatic heterocycles. The number of benzene rings is 2. The van der Waals surface area contributed by atoms with E-state index >= 15 is 0 Å². The van der Waals surface area contributed by atoms with Crippen molar-refractivity contribution in [2.75, 3.05) is 5.32 Å². The average molecular weight is 370 g/mol. The summed E-state index contributed by atoms with van der Waals surface area (Å²) in [4.78, 5) is 13.4. The minimum Gasteiger partial charge on any atom is -0.338 e. The minimum atomic E-state index is -0.123. The fraction of sp³-hybridized carbons (Fsp3) is 0.250. The second-order valence-corrected chi connectivity index (χ2v) is 7.81. The van der Waals surface area contributed by atoms with Crippen LogP contribution in [0.3, 0.4) is 0 Å². The van der Waals surface area contributed by atoms with Gasteiger partial charge in [-0.05, 0) is 37.3 Å². The van der Waals surface area contributed by atoms with Gasteiger partial charge in [0.05, 0.1) is 11.3 Å². The highest BCUT2D eigenvalue weighted by Gasteiger charge is 2.41. The fourth-order valence-corrected chi connectivity index (χ4v) is 4.62. The predicted molar refractivity (Wildman–Crippen MR) is 108 cm³/mol. The van der Waals surface area contributed by atoms with Crippen molar-refractivity contribution in [2.24, 2.45) is 0 Å². The molecular weight excluding hydrogens is 348 g/mol. The molecule has 2 aliphatic rings. The van der Waals surface area contributed by atoms with Gasteiger partial charge in [-0.3, -0.25) is 4.79 Å². The Balaban J connectivity index is 1.64. The van der Waals surface area contributed by atoms with Gasteiger partial charge in [0.15, 0.2) is 5.78 Å². The summed E-state index contributed by atoms with van der Waals surface area (Å²) in [7, 11) is 0. The number of fused-ring (bicyclic) bond motifs is 1. The molecular formula is C24H22N2O2. The first-order valence-electron chi connectivity index (χ1n) is 9.72. The standard InChI is InChI=1S/C24H22N2O2/c1-14-7-6-10-17(11-14)22-21-15(2)26-28-24(21)25-19-12-18(13-20(27)23(19)22)16-8-4-3-5-9-16/h3-11,18,22,25H,12-13H2,1-2H3. The molecule has 0 bridgehead atoms. The molecule has 0 saturated carbocycles. The van der Waals surface area contributed by atoms with Crippen LogP contribution in [0.5, 0.6) is 0 Å². The number of carbonyl (C=O) groups is 1. The highest BCUT2D eigenvalue weighted by atomic mass is 16.5. The molecule has 0 radical (unpaired) electrons. The highest BCUT2D eigenvalue weighted by molar-refractivity contribution is 6.01. The lowest BCUT2D eigenvalue weighted by Gasteiger charge is -2.34. The van der Waals surface area contributed by atoms with E-state index in [1.54, 1.807) is 0 Å². The number of aryl methyl sites for hydroxylation is 2. The van der Waals surface area contributed by atoms with Crippen molar-refractivity contribution in [3.8, 4) is 0 Å². The molecule has 1 aromatic heterocycles. The Bertz CT molecular complexity index is 1090. The molecule has 0 fully saturated rings. The van der Waals surface area contributed by atoms with E-state index in [0.717, 1.165) is 34.5 Å². The van der Waals surface area contributed by atoms with Crippen LogP contribution in [0, 0.1) is 13.8 Å². The highest BCUT2D eigenvalue weighted by Crippen LogP contribution is 2.49. The fourth-order valence-electron chi connectivity index (χ4n) is 4.62. The Hall–Kier alpha value is -3.14. The maximum absolute atomic E-state index is 13.4. The van der Waals surface area contributed by atoms with E-state index in [1.165, 1.54) is 11.1 Å². The van der Waals surface area contributed by atoms with Crippen molar-refractivity contribution in [1.82, 2.24) is 5.16 Å². The van der Waals surface area contributed by atoms with Crippen LogP contribution in [0.15, 0.2) is 70.4 Å². The lowest BCUT2D eigenvalue weighted by Crippen LogP contribution is -2.29. The third kappa shape index (κ3) is 2.68. The maximum atomic E-state index is 13.4. The van der Waals surface area contributed by atoms with Crippen LogP contribution >= 0.6 is 0 Å². The van der Waals surface area contributed by atoms with E-state index < -0.39 is 0 Å². The lowest BCUT2D eigenvalue weighted by atomic mass is 9.72. The summed E-state index contributed by atoms with van der Waals surface area (Å²) in [6.45, 7) is 4.02. The van der Waals surface area contributed by atoms with E-state index in [9.17, 15) is 4.79 Å². The third-order valence-electron chi connectivity index (χ3n) is 5.90. The largest absolute Gasteiger partial charge is 0.338 e. The zero-order valence-corrected chi connectivity index (χ0v) is 16.0. The van der Waals surface area contributed by atoms with Gasteiger partial charge in [0, 0.05) is 23.6 Å². The smallest absolute Gasteiger partial charge is 0.233 e. The Morgan fingerprint density at radius 1 is 1.00 bits per heavy atom. The van der Waals surface area contributed by atoms with Crippen LogP contribution in [-0.2, 0) is 4.79 Å². The summed E-state index contributed by atoms with van der Waals surface area (Å²) in [6.07, 6.45) is 1.33. The Morgan fingerprint density at radius 2 is 1.79 bits per heavy atom. The number of rotatable bonds is 2. The van der Waals surface area contributed by atoms with E-state index in [1.807, 2.05) is 25.1 Å². The normalized spacial score (nSPS) is 21.1. The number of nitrogens with zero attached hydrogens (tertiary/aromatic N) is 1. The van der Waals surface area contributed by atoms with Crippen molar-refractivity contribution in [3.63, 3.8) is 0 Å². The van der Waals surface area contributed by atoms with Crippen LogP contribution in [-0.4, -0.2) is 10.9 Å². The van der Waals surface area contributed by atoms with E-state index in [2.05, 4.69) is 53.8 Å². The summed E-state index contributed by atoms with van der Waals surface area (Å²) >= 11 is 0. The molecule has 1 N–H and O–H groups in total. The topological polar surface area (TPSA) is 55.1 Å². The molecule has 0 saturated heterocycles. The Morgan fingerprint density at radius 3 is 2.57 bits per heavy atom. The van der Waals surface area contributed by atoms with Gasteiger partial charge in [0.25, 0.3) is 0 Å². The molecule has 2 heterocycles. The lowest BCUT2D eigenvalue weighted by molar-refractivity contribution is -0.116. The van der Waals surface area contributed by atoms with E-state index in [-0.39, 0.29) is 17.6 Å². The van der Waals surface area contributed by atoms with Gasteiger partial charge in [-0.15, -0.1) is 0 Å². The second-order valence-electron chi connectivity index (χ2n) is 7.81. The number of hydrogen-bond acceptors (Lipinski definition) is 4. The molecule has 4 nitrogen and oxygen atoms in total. The van der Waals surface area contributed by atoms with Crippen molar-refractivity contribution in [1.29, 1.82) is 0 Å². The van der Waals surface area contributed by atoms with E-state index in [4.69, 9.17) is 4.52 Å². The monoisotopic (exact) mass is 370 g/mol. The minimum absolute atomic E-state index is 0.123. The summed E-state index contributed by atoms with van der Waals surface area (Å²) in [5.41, 5.74) is 7.16. The second kappa shape index (κ2) is 6.48. The maximum Gasteiger partial charge on any atom is 0.233 e. The van der Waals surface area contributed by atoms with Crippen molar-refractivity contribution < 1.29 is 9.32 Å². The molecule has 28 heavy (non-hydrogen) atoms. The van der Waals surface area contributed by atoms with Crippen LogP contribution < -0.4 is 5.32 Å². The summed E-state index contributed by atoms with van der Waals surface area (Å²) in [5, 5.41) is 7.57. The molecule has 1 aliphatic carbocycles. The Kier molecular flexibility index (Phi) is 3.93. The van der Waals surface area contributed by atoms with Gasteiger partial charge in [0.2, 0.25) is 5.88 Å². The number of aromatic nitrogens is 1. The molecule has 2 unspecified atom stereocenters. The van der Waals surface area contributed by atoms with Crippen molar-refractivity contribution in [2.45, 2.75) is 38.5 Å². The van der Waals surface area contributed by atoms with Gasteiger partial charge >= 0.3 is 0 Å². The molecule has 4 heteroatoms. The van der Waals surface area contributed by atoms with Gasteiger partial charge in [-0.1, -0.05) is 65.3 Å². The summed E-state index contributed by atoms with van der Waals surface area (Å²) < 4.78 is 5.59. The zero-order chi connectivity index (χ0) is 19.3. The summed E-state index contributed by atoms with van der Waals surface area (Å²) in [6, 6.07) is 18.7. The number of anilines is 1. The number of nitrogens with one attached hydrogen (secondary N) is 1. The summed E-state index contributed by atoms with van der Waals surface area (Å²) in [5.74, 6) is 0.940. The number of carbonyl (C=O) groups excluding carboxylic acids is 1. The van der Waals surface area contributed by atoms with Crippen molar-refractivity contribution in [3.05, 3.63) is 93.8 Å². The van der Waals surface area contributed by atoms with E-state index in [0.29, 0.717) is 12.3 Å². The quantitative estimate of drug-likeness (QED) is 0.669. The average Bonchev–Trinajstić information content (AvgIpc) is 3.07. The van der Waals surface area contributed by atoms with Gasteiger partial charge < -0.3 is 9.84 Å². The van der Waals surface area contributed by atoms with Crippen LogP contribution in [0.25, 0.3) is 0 Å².